The minimum atomic E-state index is 0.724. The predicted octanol–water partition coefficient (Wildman–Crippen LogP) is 3.78. The average Bonchev–Trinajstić information content (AvgIpc) is 2.09. The predicted molar refractivity (Wildman–Crippen MR) is 58.5 cm³/mol. The molecule has 0 spiro atoms. The van der Waals surface area contributed by atoms with Crippen LogP contribution in [0, 0.1) is 5.41 Å². The molecule has 1 aromatic carbocycles. The fourth-order valence-corrected chi connectivity index (χ4v) is 1.27. The second-order valence-corrected chi connectivity index (χ2v) is 3.50. The van der Waals surface area contributed by atoms with Gasteiger partial charge in [0.25, 0.3) is 0 Å². The lowest BCUT2D eigenvalue weighted by Crippen LogP contribution is -1.87. The van der Waals surface area contributed by atoms with E-state index in [0.717, 1.165) is 21.7 Å². The summed E-state index contributed by atoms with van der Waals surface area (Å²) in [5.74, 6) is 0. The van der Waals surface area contributed by atoms with Gasteiger partial charge in [0.05, 0.1) is 0 Å². The summed E-state index contributed by atoms with van der Waals surface area (Å²) in [6.45, 7) is 3.99. The van der Waals surface area contributed by atoms with Crippen molar-refractivity contribution in [2.24, 2.45) is 0 Å². The van der Waals surface area contributed by atoms with Gasteiger partial charge in [-0.3, -0.25) is 0 Å². The first-order valence-electron chi connectivity index (χ1n) is 4.09. The van der Waals surface area contributed by atoms with Crippen LogP contribution in [0.1, 0.15) is 19.4 Å². The zero-order valence-electron chi connectivity index (χ0n) is 7.76. The molecule has 0 bridgehead atoms. The summed E-state index contributed by atoms with van der Waals surface area (Å²) in [6.07, 6.45) is 1.37. The van der Waals surface area contributed by atoms with Crippen LogP contribution in [0.4, 0.5) is 0 Å². The van der Waals surface area contributed by atoms with Crippen LogP contribution in [-0.4, -0.2) is 6.21 Å². The molecule has 0 heterocycles. The first-order chi connectivity index (χ1) is 6.15. The maximum atomic E-state index is 7.27. The minimum Gasteiger partial charge on any atom is -0.308 e. The quantitative estimate of drug-likeness (QED) is 0.692. The second kappa shape index (κ2) is 4.24. The van der Waals surface area contributed by atoms with Gasteiger partial charge < -0.3 is 5.41 Å². The van der Waals surface area contributed by atoms with Crippen molar-refractivity contribution in [1.29, 1.82) is 5.41 Å². The van der Waals surface area contributed by atoms with E-state index in [-0.39, 0.29) is 0 Å². The molecule has 1 aromatic rings. The highest BCUT2D eigenvalue weighted by molar-refractivity contribution is 6.30. The molecule has 2 heteroatoms. The summed E-state index contributed by atoms with van der Waals surface area (Å²) in [4.78, 5) is 0. The monoisotopic (exact) mass is 193 g/mol. The molecule has 0 aliphatic rings. The molecule has 0 amide bonds. The van der Waals surface area contributed by atoms with Gasteiger partial charge in [0.15, 0.2) is 0 Å². The van der Waals surface area contributed by atoms with Gasteiger partial charge in [0, 0.05) is 11.2 Å². The van der Waals surface area contributed by atoms with Gasteiger partial charge in [-0.1, -0.05) is 29.3 Å². The molecule has 0 radical (unpaired) electrons. The Bertz CT molecular complexity index is 332. The van der Waals surface area contributed by atoms with Crippen molar-refractivity contribution in [3.05, 3.63) is 40.4 Å². The molecule has 68 valence electrons. The molecule has 0 atom stereocenters. The van der Waals surface area contributed by atoms with E-state index in [1.807, 2.05) is 38.1 Å². The van der Waals surface area contributed by atoms with E-state index in [1.165, 1.54) is 6.21 Å². The number of allylic oxidation sites excluding steroid dienone is 2. The van der Waals surface area contributed by atoms with Gasteiger partial charge in [-0.25, -0.2) is 0 Å². The first kappa shape index (κ1) is 10.0. The Morgan fingerprint density at radius 2 is 1.77 bits per heavy atom. The molecule has 0 aromatic heterocycles. The number of benzene rings is 1. The summed E-state index contributed by atoms with van der Waals surface area (Å²) in [5, 5.41) is 7.99. The fourth-order valence-electron chi connectivity index (χ4n) is 1.15. The van der Waals surface area contributed by atoms with Gasteiger partial charge in [-0.15, -0.1) is 0 Å². The summed E-state index contributed by atoms with van der Waals surface area (Å²) in [6, 6.07) is 7.53. The highest BCUT2D eigenvalue weighted by Gasteiger charge is 1.99. The molecule has 1 N–H and O–H groups in total. The van der Waals surface area contributed by atoms with E-state index >= 15 is 0 Å². The molecular formula is C11H12ClN. The Morgan fingerprint density at radius 3 is 2.15 bits per heavy atom. The number of nitrogens with one attached hydrogen (secondary N) is 1. The van der Waals surface area contributed by atoms with Gasteiger partial charge >= 0.3 is 0 Å². The molecule has 0 aliphatic carbocycles. The third kappa shape index (κ3) is 2.43. The van der Waals surface area contributed by atoms with E-state index in [1.54, 1.807) is 0 Å². The molecule has 1 nitrogen and oxygen atoms in total. The van der Waals surface area contributed by atoms with Crippen LogP contribution >= 0.6 is 11.6 Å². The van der Waals surface area contributed by atoms with Crippen LogP contribution in [0.2, 0.25) is 5.02 Å². The highest BCUT2D eigenvalue weighted by atomic mass is 35.5. The number of halogens is 1. The summed E-state index contributed by atoms with van der Waals surface area (Å²) in [7, 11) is 0. The number of hydrogen-bond donors (Lipinski definition) is 1. The first-order valence-corrected chi connectivity index (χ1v) is 4.47. The Hall–Kier alpha value is -1.08. The third-order valence-electron chi connectivity index (χ3n) is 1.84. The van der Waals surface area contributed by atoms with Crippen molar-refractivity contribution in [3.8, 4) is 0 Å². The molecule has 0 saturated heterocycles. The van der Waals surface area contributed by atoms with Crippen LogP contribution in [0.15, 0.2) is 29.8 Å². The van der Waals surface area contributed by atoms with Crippen LogP contribution in [0.25, 0.3) is 5.57 Å². The minimum absolute atomic E-state index is 0.724. The topological polar surface area (TPSA) is 23.9 Å². The van der Waals surface area contributed by atoms with Crippen LogP contribution < -0.4 is 0 Å². The maximum Gasteiger partial charge on any atom is 0.0406 e. The number of rotatable bonds is 2. The van der Waals surface area contributed by atoms with E-state index in [4.69, 9.17) is 17.0 Å². The lowest BCUT2D eigenvalue weighted by Gasteiger charge is -2.03. The molecule has 0 saturated carbocycles. The Morgan fingerprint density at radius 1 is 1.23 bits per heavy atom. The van der Waals surface area contributed by atoms with Crippen LogP contribution in [-0.2, 0) is 0 Å². The van der Waals surface area contributed by atoms with E-state index in [2.05, 4.69) is 0 Å². The smallest absolute Gasteiger partial charge is 0.0406 e. The molecule has 0 aliphatic heterocycles. The van der Waals surface area contributed by atoms with Crippen molar-refractivity contribution in [1.82, 2.24) is 0 Å². The van der Waals surface area contributed by atoms with Gasteiger partial charge in [0.1, 0.15) is 0 Å². The number of hydrogen-bond acceptors (Lipinski definition) is 1. The standard InChI is InChI=1S/C11H12ClN/c1-8(2)11(7-13)9-3-5-10(12)6-4-9/h3-7,13H,1-2H3. The van der Waals surface area contributed by atoms with Gasteiger partial charge in [-0.05, 0) is 37.1 Å². The normalized spacial score (nSPS) is 9.46. The molecule has 1 rings (SSSR count). The molecule has 13 heavy (non-hydrogen) atoms. The van der Waals surface area contributed by atoms with E-state index < -0.39 is 0 Å². The van der Waals surface area contributed by atoms with Crippen molar-refractivity contribution < 1.29 is 0 Å². The van der Waals surface area contributed by atoms with Crippen molar-refractivity contribution in [2.45, 2.75) is 13.8 Å². The van der Waals surface area contributed by atoms with Crippen molar-refractivity contribution in [2.75, 3.05) is 0 Å². The average molecular weight is 194 g/mol. The Balaban J connectivity index is 3.15. The largest absolute Gasteiger partial charge is 0.308 e. The SMILES string of the molecule is CC(C)=C(C=N)c1ccc(Cl)cc1. The summed E-state index contributed by atoms with van der Waals surface area (Å²) in [5.41, 5.74) is 3.13. The Kier molecular flexibility index (Phi) is 3.26. The third-order valence-corrected chi connectivity index (χ3v) is 2.09. The maximum absolute atomic E-state index is 7.27. The van der Waals surface area contributed by atoms with E-state index in [9.17, 15) is 0 Å². The highest BCUT2D eigenvalue weighted by Crippen LogP contribution is 2.18. The molecule has 0 fully saturated rings. The van der Waals surface area contributed by atoms with Gasteiger partial charge in [0.2, 0.25) is 0 Å². The summed E-state index contributed by atoms with van der Waals surface area (Å²) < 4.78 is 0. The van der Waals surface area contributed by atoms with Gasteiger partial charge in [-0.2, -0.15) is 0 Å². The van der Waals surface area contributed by atoms with E-state index in [0.29, 0.717) is 0 Å². The van der Waals surface area contributed by atoms with Crippen molar-refractivity contribution >= 4 is 23.4 Å². The molecule has 0 unspecified atom stereocenters. The van der Waals surface area contributed by atoms with Crippen molar-refractivity contribution in [3.63, 3.8) is 0 Å². The fraction of sp³-hybridized carbons (Fsp3) is 0.182. The second-order valence-electron chi connectivity index (χ2n) is 3.06. The lowest BCUT2D eigenvalue weighted by molar-refractivity contribution is 1.40. The Labute approximate surface area is 83.6 Å². The lowest BCUT2D eigenvalue weighted by atomic mass is 10.0. The zero-order valence-corrected chi connectivity index (χ0v) is 8.52. The zero-order chi connectivity index (χ0) is 9.84. The van der Waals surface area contributed by atoms with Crippen LogP contribution in [0.3, 0.4) is 0 Å². The van der Waals surface area contributed by atoms with Crippen LogP contribution in [0.5, 0.6) is 0 Å². The summed E-state index contributed by atoms with van der Waals surface area (Å²) >= 11 is 5.77. The molecular weight excluding hydrogens is 182 g/mol.